The monoisotopic (exact) mass is 336 g/mol. The van der Waals surface area contributed by atoms with Crippen molar-refractivity contribution in [2.75, 3.05) is 0 Å². The summed E-state index contributed by atoms with van der Waals surface area (Å²) >= 11 is 0. The van der Waals surface area contributed by atoms with Crippen molar-refractivity contribution >= 4 is 11.6 Å². The Labute approximate surface area is 155 Å². The van der Waals surface area contributed by atoms with Gasteiger partial charge in [0.2, 0.25) is 0 Å². The quantitative estimate of drug-likeness (QED) is 0.649. The van der Waals surface area contributed by atoms with Crippen LogP contribution in [0.25, 0.3) is 11.6 Å². The lowest BCUT2D eigenvalue weighted by Crippen LogP contribution is -2.22. The van der Waals surface area contributed by atoms with E-state index in [1.807, 2.05) is 78.9 Å². The first-order valence-corrected chi connectivity index (χ1v) is 8.68. The normalized spacial score (nSPS) is 18.5. The zero-order chi connectivity index (χ0) is 18.4. The molecule has 0 aliphatic heterocycles. The Balaban J connectivity index is 2.13. The van der Waals surface area contributed by atoms with Gasteiger partial charge in [0.1, 0.15) is 0 Å². The van der Waals surface area contributed by atoms with Gasteiger partial charge in [-0.3, -0.25) is 0 Å². The summed E-state index contributed by atoms with van der Waals surface area (Å²) in [6.07, 6.45) is 7.01. The summed E-state index contributed by atoms with van der Waals surface area (Å²) in [5.41, 5.74) is 3.26. The number of allylic oxidation sites excluding steroid dienone is 4. The molecule has 0 saturated heterocycles. The van der Waals surface area contributed by atoms with E-state index in [0.717, 1.165) is 22.3 Å². The molecule has 1 aliphatic rings. The van der Waals surface area contributed by atoms with Crippen LogP contribution in [-0.4, -0.2) is 0 Å². The van der Waals surface area contributed by atoms with E-state index in [0.29, 0.717) is 12.8 Å². The van der Waals surface area contributed by atoms with Crippen LogP contribution in [0.3, 0.4) is 0 Å². The second-order valence-electron chi connectivity index (χ2n) is 6.50. The highest BCUT2D eigenvalue weighted by Gasteiger charge is 2.47. The molecule has 0 radical (unpaired) electrons. The van der Waals surface area contributed by atoms with Crippen molar-refractivity contribution in [2.45, 2.75) is 12.8 Å². The van der Waals surface area contributed by atoms with E-state index in [1.165, 1.54) is 0 Å². The maximum Gasteiger partial charge on any atom is 0.157 e. The molecule has 2 aromatic rings. The van der Waals surface area contributed by atoms with E-state index in [4.69, 9.17) is 0 Å². The summed E-state index contributed by atoms with van der Waals surface area (Å²) in [7, 11) is 0. The standard InChI is InChI=1S/C24H20N2/c1-2-9-21-16-24(17-25,18-26)22(15-14-19-10-5-3-6-11-19)23(21)20-12-7-4-8-13-20/h2-8,10-15,22H,1,9,16H2/b15-14+. The summed E-state index contributed by atoms with van der Waals surface area (Å²) < 4.78 is 0. The molecule has 2 heteroatoms. The Hall–Kier alpha value is -3.36. The van der Waals surface area contributed by atoms with E-state index in [1.54, 1.807) is 0 Å². The largest absolute Gasteiger partial charge is 0.197 e. The maximum absolute atomic E-state index is 9.88. The van der Waals surface area contributed by atoms with Crippen LogP contribution in [0.4, 0.5) is 0 Å². The molecule has 0 heterocycles. The molecule has 0 amide bonds. The molecule has 0 N–H and O–H groups in total. The van der Waals surface area contributed by atoms with Gasteiger partial charge in [0, 0.05) is 12.3 Å². The van der Waals surface area contributed by atoms with Crippen molar-refractivity contribution < 1.29 is 0 Å². The zero-order valence-corrected chi connectivity index (χ0v) is 14.6. The fourth-order valence-corrected chi connectivity index (χ4v) is 3.64. The van der Waals surface area contributed by atoms with Crippen molar-refractivity contribution in [2.24, 2.45) is 11.3 Å². The molecule has 126 valence electrons. The highest BCUT2D eigenvalue weighted by molar-refractivity contribution is 5.78. The molecular formula is C24H20N2. The average molecular weight is 336 g/mol. The fourth-order valence-electron chi connectivity index (χ4n) is 3.64. The van der Waals surface area contributed by atoms with Gasteiger partial charge in [0.25, 0.3) is 0 Å². The Morgan fingerprint density at radius 2 is 1.62 bits per heavy atom. The van der Waals surface area contributed by atoms with Crippen LogP contribution >= 0.6 is 0 Å². The third-order valence-corrected chi connectivity index (χ3v) is 4.87. The maximum atomic E-state index is 9.88. The molecule has 26 heavy (non-hydrogen) atoms. The third kappa shape index (κ3) is 3.23. The molecule has 1 aliphatic carbocycles. The van der Waals surface area contributed by atoms with Gasteiger partial charge in [-0.15, -0.1) is 6.58 Å². The molecule has 3 rings (SSSR count). The minimum Gasteiger partial charge on any atom is -0.197 e. The first kappa shape index (κ1) is 17.5. The lowest BCUT2D eigenvalue weighted by Gasteiger charge is -2.21. The van der Waals surface area contributed by atoms with Crippen LogP contribution in [0.2, 0.25) is 0 Å². The zero-order valence-electron chi connectivity index (χ0n) is 14.6. The SMILES string of the molecule is C=CCC1=C(c2ccccc2)C(/C=C/c2ccccc2)C(C#N)(C#N)C1. The summed E-state index contributed by atoms with van der Waals surface area (Å²) in [5.74, 6) is -0.268. The van der Waals surface area contributed by atoms with E-state index >= 15 is 0 Å². The molecule has 1 unspecified atom stereocenters. The fraction of sp³-hybridized carbons (Fsp3) is 0.167. The summed E-state index contributed by atoms with van der Waals surface area (Å²) in [6, 6.07) is 24.6. The van der Waals surface area contributed by atoms with Gasteiger partial charge >= 0.3 is 0 Å². The summed E-state index contributed by atoms with van der Waals surface area (Å²) in [6.45, 7) is 3.85. The van der Waals surface area contributed by atoms with Crippen LogP contribution in [0.15, 0.2) is 85.0 Å². The Morgan fingerprint density at radius 3 is 2.19 bits per heavy atom. The number of benzene rings is 2. The number of nitrogens with zero attached hydrogens (tertiary/aromatic N) is 2. The van der Waals surface area contributed by atoms with Crippen molar-refractivity contribution in [3.05, 3.63) is 96.1 Å². The second kappa shape index (κ2) is 7.68. The summed E-state index contributed by atoms with van der Waals surface area (Å²) in [5, 5.41) is 19.8. The van der Waals surface area contributed by atoms with E-state index in [-0.39, 0.29) is 5.92 Å². The minimum absolute atomic E-state index is 0.268. The molecular weight excluding hydrogens is 316 g/mol. The third-order valence-electron chi connectivity index (χ3n) is 4.87. The van der Waals surface area contributed by atoms with E-state index in [9.17, 15) is 10.5 Å². The Kier molecular flexibility index (Phi) is 5.16. The van der Waals surface area contributed by atoms with Gasteiger partial charge in [-0.25, -0.2) is 0 Å². The van der Waals surface area contributed by atoms with Gasteiger partial charge in [-0.2, -0.15) is 10.5 Å². The Morgan fingerprint density at radius 1 is 1.00 bits per heavy atom. The molecule has 2 nitrogen and oxygen atoms in total. The van der Waals surface area contributed by atoms with E-state index in [2.05, 4.69) is 18.7 Å². The van der Waals surface area contributed by atoms with Crippen molar-refractivity contribution in [3.63, 3.8) is 0 Å². The highest BCUT2D eigenvalue weighted by atomic mass is 14.5. The van der Waals surface area contributed by atoms with Gasteiger partial charge in [-0.05, 0) is 23.1 Å². The van der Waals surface area contributed by atoms with Crippen LogP contribution < -0.4 is 0 Å². The van der Waals surface area contributed by atoms with Crippen LogP contribution in [0, 0.1) is 34.0 Å². The molecule has 1 atom stereocenters. The smallest absolute Gasteiger partial charge is 0.157 e. The highest BCUT2D eigenvalue weighted by Crippen LogP contribution is 2.52. The minimum atomic E-state index is -1.07. The molecule has 0 bridgehead atoms. The average Bonchev–Trinajstić information content (AvgIpc) is 3.02. The molecule has 0 spiro atoms. The molecule has 0 saturated carbocycles. The van der Waals surface area contributed by atoms with Crippen molar-refractivity contribution in [1.82, 2.24) is 0 Å². The van der Waals surface area contributed by atoms with Gasteiger partial charge < -0.3 is 0 Å². The predicted molar refractivity (Wildman–Crippen MR) is 105 cm³/mol. The molecule has 0 aromatic heterocycles. The number of hydrogen-bond acceptors (Lipinski definition) is 2. The molecule has 0 fully saturated rings. The topological polar surface area (TPSA) is 47.6 Å². The van der Waals surface area contributed by atoms with Crippen molar-refractivity contribution in [3.8, 4) is 12.1 Å². The number of nitriles is 2. The lowest BCUT2D eigenvalue weighted by atomic mass is 9.76. The van der Waals surface area contributed by atoms with E-state index < -0.39 is 5.41 Å². The van der Waals surface area contributed by atoms with Gasteiger partial charge in [0.05, 0.1) is 12.1 Å². The van der Waals surface area contributed by atoms with Crippen LogP contribution in [0.1, 0.15) is 24.0 Å². The van der Waals surface area contributed by atoms with Gasteiger partial charge in [-0.1, -0.05) is 84.5 Å². The first-order chi connectivity index (χ1) is 12.7. The van der Waals surface area contributed by atoms with Crippen LogP contribution in [0.5, 0.6) is 0 Å². The Bertz CT molecular complexity index is 908. The lowest BCUT2D eigenvalue weighted by molar-refractivity contribution is 0.480. The van der Waals surface area contributed by atoms with Gasteiger partial charge in [0.15, 0.2) is 5.41 Å². The van der Waals surface area contributed by atoms with Crippen molar-refractivity contribution in [1.29, 1.82) is 10.5 Å². The first-order valence-electron chi connectivity index (χ1n) is 8.68. The summed E-state index contributed by atoms with van der Waals surface area (Å²) in [4.78, 5) is 0. The number of rotatable bonds is 5. The molecule has 2 aromatic carbocycles. The number of hydrogen-bond donors (Lipinski definition) is 0. The second-order valence-corrected chi connectivity index (χ2v) is 6.50. The predicted octanol–water partition coefficient (Wildman–Crippen LogP) is 5.78. The van der Waals surface area contributed by atoms with Crippen LogP contribution in [-0.2, 0) is 0 Å².